The minimum absolute atomic E-state index is 0.664. The van der Waals surface area contributed by atoms with Gasteiger partial charge in [0.05, 0.1) is 3.92 Å². The summed E-state index contributed by atoms with van der Waals surface area (Å²) in [6, 6.07) is 0. The molecule has 1 aliphatic carbocycles. The molecule has 1 rings (SSSR count). The average Bonchev–Trinajstić information content (AvgIpc) is 2.07. The highest BCUT2D eigenvalue weighted by Gasteiger charge is 2.20. The van der Waals surface area contributed by atoms with Gasteiger partial charge in [-0.05, 0) is 38.8 Å². The van der Waals surface area contributed by atoms with Gasteiger partial charge in [0.1, 0.15) is 0 Å². The van der Waals surface area contributed by atoms with Crippen molar-refractivity contribution in [1.82, 2.24) is 0 Å². The van der Waals surface area contributed by atoms with Crippen LogP contribution in [0.15, 0.2) is 22.3 Å². The number of halogens is 1. The van der Waals surface area contributed by atoms with E-state index in [0.29, 0.717) is 3.92 Å². The SMILES string of the molecule is CC1=C(C)C(I)C(C)=C1C. The van der Waals surface area contributed by atoms with Crippen molar-refractivity contribution in [2.45, 2.75) is 31.6 Å². The molecule has 0 fully saturated rings. The van der Waals surface area contributed by atoms with E-state index in [1.807, 2.05) is 0 Å². The monoisotopic (exact) mass is 248 g/mol. The van der Waals surface area contributed by atoms with Gasteiger partial charge in [-0.25, -0.2) is 0 Å². The van der Waals surface area contributed by atoms with Crippen LogP contribution in [-0.4, -0.2) is 3.92 Å². The summed E-state index contributed by atoms with van der Waals surface area (Å²) in [5.41, 5.74) is 6.07. The lowest BCUT2D eigenvalue weighted by molar-refractivity contribution is 1.19. The number of allylic oxidation sites excluding steroid dienone is 4. The molecule has 56 valence electrons. The zero-order chi connectivity index (χ0) is 7.89. The summed E-state index contributed by atoms with van der Waals surface area (Å²) < 4.78 is 0.664. The Bertz CT molecular complexity index is 197. The van der Waals surface area contributed by atoms with Gasteiger partial charge in [-0.15, -0.1) is 0 Å². The van der Waals surface area contributed by atoms with E-state index in [2.05, 4.69) is 50.3 Å². The van der Waals surface area contributed by atoms with Crippen LogP contribution < -0.4 is 0 Å². The number of rotatable bonds is 0. The Morgan fingerprint density at radius 1 is 0.900 bits per heavy atom. The molecule has 0 saturated heterocycles. The third-order valence-electron chi connectivity index (χ3n) is 2.51. The second-order valence-corrected chi connectivity index (χ2v) is 4.22. The van der Waals surface area contributed by atoms with Crippen molar-refractivity contribution in [3.8, 4) is 0 Å². The van der Waals surface area contributed by atoms with Gasteiger partial charge in [0.2, 0.25) is 0 Å². The lowest BCUT2D eigenvalue weighted by Gasteiger charge is -2.03. The van der Waals surface area contributed by atoms with E-state index in [0.717, 1.165) is 0 Å². The standard InChI is InChI=1S/C9H13I/c1-5-6(2)8(4)9(10)7(5)3/h9H,1-4H3. The zero-order valence-corrected chi connectivity index (χ0v) is 9.11. The van der Waals surface area contributed by atoms with E-state index in [4.69, 9.17) is 0 Å². The zero-order valence-electron chi connectivity index (χ0n) is 6.96. The molecule has 0 spiro atoms. The highest BCUT2D eigenvalue weighted by Crippen LogP contribution is 2.36. The second-order valence-electron chi connectivity index (χ2n) is 2.98. The Morgan fingerprint density at radius 3 is 1.30 bits per heavy atom. The topological polar surface area (TPSA) is 0 Å². The van der Waals surface area contributed by atoms with E-state index in [1.54, 1.807) is 0 Å². The summed E-state index contributed by atoms with van der Waals surface area (Å²) >= 11 is 2.50. The Labute approximate surface area is 76.5 Å². The largest absolute Gasteiger partial charge is 0.0729 e. The summed E-state index contributed by atoms with van der Waals surface area (Å²) in [5, 5.41) is 0. The van der Waals surface area contributed by atoms with Crippen molar-refractivity contribution in [3.63, 3.8) is 0 Å². The molecule has 0 saturated carbocycles. The summed E-state index contributed by atoms with van der Waals surface area (Å²) in [5.74, 6) is 0. The molecule has 0 aromatic heterocycles. The first-order chi connectivity index (χ1) is 4.55. The first-order valence-corrected chi connectivity index (χ1v) is 4.79. The van der Waals surface area contributed by atoms with Crippen LogP contribution in [0.4, 0.5) is 0 Å². The second kappa shape index (κ2) is 2.68. The molecule has 0 N–H and O–H groups in total. The van der Waals surface area contributed by atoms with Gasteiger partial charge >= 0.3 is 0 Å². The average molecular weight is 248 g/mol. The van der Waals surface area contributed by atoms with Gasteiger partial charge in [0.15, 0.2) is 0 Å². The van der Waals surface area contributed by atoms with E-state index in [-0.39, 0.29) is 0 Å². The van der Waals surface area contributed by atoms with Gasteiger partial charge in [-0.1, -0.05) is 33.7 Å². The quantitative estimate of drug-likeness (QED) is 0.454. The fraction of sp³-hybridized carbons (Fsp3) is 0.556. The molecule has 0 aromatic carbocycles. The first-order valence-electron chi connectivity index (χ1n) is 3.55. The van der Waals surface area contributed by atoms with Crippen molar-refractivity contribution in [2.24, 2.45) is 0 Å². The minimum atomic E-state index is 0.664. The molecule has 0 nitrogen and oxygen atoms in total. The van der Waals surface area contributed by atoms with Crippen molar-refractivity contribution >= 4 is 22.6 Å². The highest BCUT2D eigenvalue weighted by molar-refractivity contribution is 14.1. The smallest absolute Gasteiger partial charge is 0.0534 e. The predicted octanol–water partition coefficient (Wildman–Crippen LogP) is 3.48. The molecule has 1 heteroatoms. The van der Waals surface area contributed by atoms with Crippen molar-refractivity contribution in [3.05, 3.63) is 22.3 Å². The van der Waals surface area contributed by atoms with Crippen LogP contribution in [-0.2, 0) is 0 Å². The Morgan fingerprint density at radius 2 is 1.20 bits per heavy atom. The number of hydrogen-bond acceptors (Lipinski definition) is 0. The Balaban J connectivity index is 3.09. The van der Waals surface area contributed by atoms with Crippen LogP contribution in [0.1, 0.15) is 27.7 Å². The van der Waals surface area contributed by atoms with Gasteiger partial charge in [-0.3, -0.25) is 0 Å². The van der Waals surface area contributed by atoms with Crippen LogP contribution in [0, 0.1) is 0 Å². The van der Waals surface area contributed by atoms with E-state index in [9.17, 15) is 0 Å². The molecule has 0 radical (unpaired) electrons. The van der Waals surface area contributed by atoms with Crippen molar-refractivity contribution in [2.75, 3.05) is 0 Å². The lowest BCUT2D eigenvalue weighted by Crippen LogP contribution is -1.95. The molecule has 0 heterocycles. The highest BCUT2D eigenvalue weighted by atomic mass is 127. The van der Waals surface area contributed by atoms with E-state index < -0.39 is 0 Å². The maximum Gasteiger partial charge on any atom is 0.0534 e. The fourth-order valence-electron chi connectivity index (χ4n) is 1.30. The lowest BCUT2D eigenvalue weighted by atomic mass is 10.1. The molecule has 1 aliphatic rings. The van der Waals surface area contributed by atoms with Crippen LogP contribution in [0.25, 0.3) is 0 Å². The van der Waals surface area contributed by atoms with Crippen molar-refractivity contribution < 1.29 is 0 Å². The third-order valence-corrected chi connectivity index (χ3v) is 4.37. The molecule has 10 heavy (non-hydrogen) atoms. The van der Waals surface area contributed by atoms with Crippen LogP contribution >= 0.6 is 22.6 Å². The fourth-order valence-corrected chi connectivity index (χ4v) is 2.23. The van der Waals surface area contributed by atoms with Gasteiger partial charge in [-0.2, -0.15) is 0 Å². The summed E-state index contributed by atoms with van der Waals surface area (Å²) in [6.07, 6.45) is 0. The molecule has 0 amide bonds. The van der Waals surface area contributed by atoms with E-state index in [1.165, 1.54) is 22.3 Å². The molecular formula is C9H13I. The van der Waals surface area contributed by atoms with Crippen LogP contribution in [0.3, 0.4) is 0 Å². The summed E-state index contributed by atoms with van der Waals surface area (Å²) in [4.78, 5) is 0. The molecule has 0 unspecified atom stereocenters. The third kappa shape index (κ3) is 1.04. The predicted molar refractivity (Wildman–Crippen MR) is 54.6 cm³/mol. The minimum Gasteiger partial charge on any atom is -0.0729 e. The Kier molecular flexibility index (Phi) is 2.23. The van der Waals surface area contributed by atoms with Crippen LogP contribution in [0.2, 0.25) is 0 Å². The first kappa shape index (κ1) is 8.31. The van der Waals surface area contributed by atoms with Gasteiger partial charge in [0, 0.05) is 0 Å². The molecule has 0 aliphatic heterocycles. The van der Waals surface area contributed by atoms with Crippen molar-refractivity contribution in [1.29, 1.82) is 0 Å². The number of alkyl halides is 1. The molecule has 0 bridgehead atoms. The molecular weight excluding hydrogens is 235 g/mol. The number of hydrogen-bond donors (Lipinski definition) is 0. The van der Waals surface area contributed by atoms with Gasteiger partial charge in [0.25, 0.3) is 0 Å². The maximum absolute atomic E-state index is 2.50. The van der Waals surface area contributed by atoms with E-state index >= 15 is 0 Å². The normalized spacial score (nSPS) is 21.3. The summed E-state index contributed by atoms with van der Waals surface area (Å²) in [7, 11) is 0. The molecule has 0 aromatic rings. The maximum atomic E-state index is 2.50. The van der Waals surface area contributed by atoms with Crippen LogP contribution in [0.5, 0.6) is 0 Å². The Hall–Kier alpha value is 0.210. The van der Waals surface area contributed by atoms with Gasteiger partial charge < -0.3 is 0 Å². The summed E-state index contributed by atoms with van der Waals surface area (Å²) in [6.45, 7) is 8.89. The molecule has 0 atom stereocenters.